The number of aryl methyl sites for hydroxylation is 2. The Morgan fingerprint density at radius 1 is 1.16 bits per heavy atom. The van der Waals surface area contributed by atoms with Gasteiger partial charge in [-0.2, -0.15) is 0 Å². The smallest absolute Gasteiger partial charge is 0.356 e. The molecule has 10 heteroatoms. The van der Waals surface area contributed by atoms with Gasteiger partial charge < -0.3 is 14.3 Å². The highest BCUT2D eigenvalue weighted by molar-refractivity contribution is 6.38. The van der Waals surface area contributed by atoms with Gasteiger partial charge in [-0.1, -0.05) is 43.1 Å². The number of fused-ring (bicyclic) bond motifs is 2. The molecule has 1 aromatic carbocycles. The molecule has 0 atom stereocenters. The van der Waals surface area contributed by atoms with Gasteiger partial charge in [0.25, 0.3) is 5.56 Å². The third kappa shape index (κ3) is 3.65. The Balaban J connectivity index is 1.68. The summed E-state index contributed by atoms with van der Waals surface area (Å²) in [5.41, 5.74) is 0.441. The van der Waals surface area contributed by atoms with Crippen molar-refractivity contribution >= 4 is 39.6 Å². The molecule has 31 heavy (non-hydrogen) atoms. The number of aromatic nitrogens is 5. The molecular formula is C21H22ClN5O4. The summed E-state index contributed by atoms with van der Waals surface area (Å²) in [5.74, 6) is -0.257. The second kappa shape index (κ2) is 8.43. The maximum absolute atomic E-state index is 12.7. The van der Waals surface area contributed by atoms with Gasteiger partial charge in [-0.25, -0.2) is 14.6 Å². The Morgan fingerprint density at radius 2 is 1.94 bits per heavy atom. The van der Waals surface area contributed by atoms with Gasteiger partial charge in [0.1, 0.15) is 18.1 Å². The lowest BCUT2D eigenvalue weighted by molar-refractivity contribution is 0.0453. The Labute approximate surface area is 181 Å². The summed E-state index contributed by atoms with van der Waals surface area (Å²) in [6, 6.07) is 7.29. The van der Waals surface area contributed by atoms with Crippen molar-refractivity contribution in [3.63, 3.8) is 0 Å². The molecule has 0 saturated heterocycles. The highest BCUT2D eigenvalue weighted by atomic mass is 35.5. The number of aromatic amines is 2. The third-order valence-corrected chi connectivity index (χ3v) is 5.59. The van der Waals surface area contributed by atoms with Crippen molar-refractivity contribution in [2.24, 2.45) is 0 Å². The molecule has 0 bridgehead atoms. The number of carbonyl (C=O) groups is 1. The van der Waals surface area contributed by atoms with Gasteiger partial charge >= 0.3 is 11.7 Å². The largest absolute Gasteiger partial charge is 0.453 e. The van der Waals surface area contributed by atoms with Crippen molar-refractivity contribution in [1.82, 2.24) is 24.1 Å². The van der Waals surface area contributed by atoms with Crippen molar-refractivity contribution < 1.29 is 9.53 Å². The fourth-order valence-corrected chi connectivity index (χ4v) is 3.93. The minimum atomic E-state index is -0.631. The minimum Gasteiger partial charge on any atom is -0.453 e. The number of H-pyrrole nitrogens is 2. The van der Waals surface area contributed by atoms with Crippen LogP contribution in [0.15, 0.2) is 33.9 Å². The quantitative estimate of drug-likeness (QED) is 0.425. The standard InChI is InChI=1S/C21H22ClN5O4/c1-3-5-10-27-18-17(19(28)25-21(27)30)26(4-2)14(24-18)11-31-20(29)16-15(22)12-8-6-7-9-13(12)23-16/h6-9,23H,3-5,10-11H2,1-2H3,(H,25,28,30). The van der Waals surface area contributed by atoms with E-state index in [1.807, 2.05) is 38.1 Å². The Kier molecular flexibility index (Phi) is 5.69. The Morgan fingerprint density at radius 3 is 2.65 bits per heavy atom. The molecule has 0 saturated carbocycles. The average molecular weight is 444 g/mol. The number of unbranched alkanes of at least 4 members (excludes halogenated alkanes) is 1. The van der Waals surface area contributed by atoms with Crippen LogP contribution in [0.3, 0.4) is 0 Å². The van der Waals surface area contributed by atoms with Gasteiger partial charge in [0.15, 0.2) is 11.2 Å². The van der Waals surface area contributed by atoms with Crippen molar-refractivity contribution in [1.29, 1.82) is 0 Å². The van der Waals surface area contributed by atoms with E-state index < -0.39 is 17.2 Å². The topological polar surface area (TPSA) is 115 Å². The van der Waals surface area contributed by atoms with E-state index >= 15 is 0 Å². The van der Waals surface area contributed by atoms with E-state index in [9.17, 15) is 14.4 Å². The SMILES string of the molecule is CCCCn1c(=O)[nH]c(=O)c2c1nc(COC(=O)c1[nH]c3ccccc3c1Cl)n2CC. The number of nitrogens with zero attached hydrogens (tertiary/aromatic N) is 3. The summed E-state index contributed by atoms with van der Waals surface area (Å²) in [7, 11) is 0. The predicted molar refractivity (Wildman–Crippen MR) is 118 cm³/mol. The number of hydrogen-bond donors (Lipinski definition) is 2. The molecular weight excluding hydrogens is 422 g/mol. The van der Waals surface area contributed by atoms with E-state index in [0.29, 0.717) is 24.6 Å². The lowest BCUT2D eigenvalue weighted by Gasteiger charge is -2.07. The molecule has 0 unspecified atom stereocenters. The summed E-state index contributed by atoms with van der Waals surface area (Å²) in [6.07, 6.45) is 1.65. The second-order valence-electron chi connectivity index (χ2n) is 7.14. The molecule has 162 valence electrons. The zero-order valence-electron chi connectivity index (χ0n) is 17.2. The number of rotatable bonds is 7. The van der Waals surface area contributed by atoms with Crippen LogP contribution >= 0.6 is 11.6 Å². The Bertz CT molecular complexity index is 1390. The van der Waals surface area contributed by atoms with E-state index in [0.717, 1.165) is 23.7 Å². The highest BCUT2D eigenvalue weighted by Crippen LogP contribution is 2.27. The average Bonchev–Trinajstić information content (AvgIpc) is 3.30. The number of nitrogens with one attached hydrogen (secondary N) is 2. The summed E-state index contributed by atoms with van der Waals surface area (Å²) < 4.78 is 8.55. The first-order chi connectivity index (χ1) is 15.0. The van der Waals surface area contributed by atoms with Crippen LogP contribution in [-0.4, -0.2) is 30.1 Å². The van der Waals surface area contributed by atoms with Crippen LogP contribution in [0.4, 0.5) is 0 Å². The molecule has 0 spiro atoms. The number of benzene rings is 1. The van der Waals surface area contributed by atoms with Gasteiger partial charge in [-0.05, 0) is 19.4 Å². The number of imidazole rings is 1. The van der Waals surface area contributed by atoms with E-state index in [4.69, 9.17) is 16.3 Å². The second-order valence-corrected chi connectivity index (χ2v) is 7.52. The summed E-state index contributed by atoms with van der Waals surface area (Å²) in [5, 5.41) is 1.01. The zero-order valence-corrected chi connectivity index (χ0v) is 18.0. The number of halogens is 1. The lowest BCUT2D eigenvalue weighted by Crippen LogP contribution is -2.31. The molecule has 0 radical (unpaired) electrons. The molecule has 0 amide bonds. The first kappa shape index (κ1) is 20.9. The molecule has 9 nitrogen and oxygen atoms in total. The van der Waals surface area contributed by atoms with E-state index in [1.165, 1.54) is 4.57 Å². The van der Waals surface area contributed by atoms with Crippen LogP contribution < -0.4 is 11.2 Å². The lowest BCUT2D eigenvalue weighted by atomic mass is 10.2. The van der Waals surface area contributed by atoms with Gasteiger partial charge in [-0.3, -0.25) is 14.3 Å². The molecule has 2 N–H and O–H groups in total. The molecule has 4 aromatic rings. The number of para-hydroxylation sites is 1. The molecule has 3 heterocycles. The van der Waals surface area contributed by atoms with Crippen LogP contribution in [0.5, 0.6) is 0 Å². The van der Waals surface area contributed by atoms with Crippen molar-refractivity contribution in [3.05, 3.63) is 61.6 Å². The number of hydrogen-bond acceptors (Lipinski definition) is 5. The maximum Gasteiger partial charge on any atom is 0.356 e. The van der Waals surface area contributed by atoms with Crippen molar-refractivity contribution in [2.45, 2.75) is 46.4 Å². The van der Waals surface area contributed by atoms with Gasteiger partial charge in [0.05, 0.1) is 5.02 Å². The van der Waals surface area contributed by atoms with Crippen molar-refractivity contribution in [2.75, 3.05) is 0 Å². The third-order valence-electron chi connectivity index (χ3n) is 5.20. The van der Waals surface area contributed by atoms with Gasteiger partial charge in [0, 0.05) is 24.0 Å². The van der Waals surface area contributed by atoms with Gasteiger partial charge in [0.2, 0.25) is 0 Å². The van der Waals surface area contributed by atoms with Gasteiger partial charge in [-0.15, -0.1) is 0 Å². The van der Waals surface area contributed by atoms with E-state index in [2.05, 4.69) is 15.0 Å². The summed E-state index contributed by atoms with van der Waals surface area (Å²) in [6.45, 7) is 4.55. The molecule has 0 aliphatic rings. The van der Waals surface area contributed by atoms with Crippen LogP contribution in [0.1, 0.15) is 43.0 Å². The number of ether oxygens (including phenoxy) is 1. The molecule has 0 aliphatic heterocycles. The van der Waals surface area contributed by atoms with E-state index in [1.54, 1.807) is 4.57 Å². The summed E-state index contributed by atoms with van der Waals surface area (Å²) >= 11 is 6.33. The number of esters is 1. The Hall–Kier alpha value is -3.33. The molecule has 0 fully saturated rings. The minimum absolute atomic E-state index is 0.153. The first-order valence-corrected chi connectivity index (χ1v) is 10.5. The van der Waals surface area contributed by atoms with Crippen LogP contribution in [-0.2, 0) is 24.4 Å². The fraction of sp³-hybridized carbons (Fsp3) is 0.333. The van der Waals surface area contributed by atoms with Crippen LogP contribution in [0.2, 0.25) is 5.02 Å². The normalized spacial score (nSPS) is 11.5. The zero-order chi connectivity index (χ0) is 22.1. The molecule has 0 aliphatic carbocycles. The number of carbonyl (C=O) groups excluding carboxylic acids is 1. The first-order valence-electron chi connectivity index (χ1n) is 10.1. The highest BCUT2D eigenvalue weighted by Gasteiger charge is 2.21. The monoisotopic (exact) mass is 443 g/mol. The van der Waals surface area contributed by atoms with Crippen molar-refractivity contribution in [3.8, 4) is 0 Å². The predicted octanol–water partition coefficient (Wildman–Crippen LogP) is 3.20. The van der Waals surface area contributed by atoms with Crippen LogP contribution in [0.25, 0.3) is 22.1 Å². The summed E-state index contributed by atoms with van der Waals surface area (Å²) in [4.78, 5) is 47.2. The van der Waals surface area contributed by atoms with E-state index in [-0.39, 0.29) is 22.8 Å². The molecule has 3 aromatic heterocycles. The molecule has 4 rings (SSSR count). The fourth-order valence-electron chi connectivity index (χ4n) is 3.64. The maximum atomic E-state index is 12.7. The van der Waals surface area contributed by atoms with Crippen LogP contribution in [0, 0.1) is 0 Å².